The van der Waals surface area contributed by atoms with Gasteiger partial charge < -0.3 is 13.9 Å². The van der Waals surface area contributed by atoms with Crippen LogP contribution in [0.25, 0.3) is 115 Å². The van der Waals surface area contributed by atoms with E-state index in [1.165, 1.54) is 54.7 Å². The molecular weight excluding hydrogens is 861 g/mol. The molecule has 0 amide bonds. The minimum Gasteiger partial charge on any atom is -0.455 e. The van der Waals surface area contributed by atoms with Crippen molar-refractivity contribution < 1.29 is 4.42 Å². The highest BCUT2D eigenvalue weighted by atomic mass is 16.3. The summed E-state index contributed by atoms with van der Waals surface area (Å²) in [7, 11) is 0. The Morgan fingerprint density at radius 3 is 1.49 bits per heavy atom. The number of hydrogen-bond acceptors (Lipinski definition) is 2. The summed E-state index contributed by atoms with van der Waals surface area (Å²) >= 11 is 0. The molecule has 0 fully saturated rings. The minimum atomic E-state index is 0.880. The number of rotatable bonds is 8. The van der Waals surface area contributed by atoms with Crippen LogP contribution >= 0.6 is 0 Å². The molecule has 0 spiro atoms. The molecule has 0 aliphatic carbocycles. The van der Waals surface area contributed by atoms with Crippen LogP contribution in [-0.4, -0.2) is 4.57 Å². The molecule has 332 valence electrons. The van der Waals surface area contributed by atoms with Crippen LogP contribution in [0.1, 0.15) is 0 Å². The van der Waals surface area contributed by atoms with Gasteiger partial charge in [-0.05, 0) is 134 Å². The first-order chi connectivity index (χ1) is 35.2. The van der Waals surface area contributed by atoms with E-state index in [9.17, 15) is 0 Å². The van der Waals surface area contributed by atoms with Gasteiger partial charge in [-0.15, -0.1) is 0 Å². The van der Waals surface area contributed by atoms with Crippen molar-refractivity contribution >= 4 is 82.4 Å². The SMILES string of the molecule is c1cc(-c2ccc(N(c3ccc(-c4cccc(-n5c6ccccc6c6ccccc65)c4)cc3)c3ccccc3-c3cccc4c3oc3cc5ccccc5cc34)cc2)cc(-c2ccc3ccccc3c2)c1. The first-order valence-corrected chi connectivity index (χ1v) is 24.3. The molecule has 0 saturated carbocycles. The van der Waals surface area contributed by atoms with Crippen LogP contribution in [0.15, 0.2) is 271 Å². The maximum Gasteiger partial charge on any atom is 0.143 e. The molecule has 3 heteroatoms. The Morgan fingerprint density at radius 2 is 0.789 bits per heavy atom. The van der Waals surface area contributed by atoms with E-state index in [0.29, 0.717) is 0 Å². The summed E-state index contributed by atoms with van der Waals surface area (Å²) in [6.07, 6.45) is 0. The highest BCUT2D eigenvalue weighted by molar-refractivity contribution is 6.14. The van der Waals surface area contributed by atoms with Crippen molar-refractivity contribution in [2.75, 3.05) is 4.90 Å². The highest BCUT2D eigenvalue weighted by Gasteiger charge is 2.21. The predicted octanol–water partition coefficient (Wildman–Crippen LogP) is 19.1. The fourth-order valence-corrected chi connectivity index (χ4v) is 10.9. The molecular formula is C68H44N2O. The summed E-state index contributed by atoms with van der Waals surface area (Å²) < 4.78 is 9.23. The van der Waals surface area contributed by atoms with Crippen molar-refractivity contribution in [2.45, 2.75) is 0 Å². The molecule has 3 nitrogen and oxygen atoms in total. The molecule has 0 aliphatic rings. The molecule has 0 saturated heterocycles. The van der Waals surface area contributed by atoms with E-state index < -0.39 is 0 Å². The number of nitrogens with zero attached hydrogens (tertiary/aromatic N) is 2. The minimum absolute atomic E-state index is 0.880. The van der Waals surface area contributed by atoms with Gasteiger partial charge in [0.1, 0.15) is 11.2 Å². The van der Waals surface area contributed by atoms with E-state index in [2.05, 4.69) is 276 Å². The van der Waals surface area contributed by atoms with Crippen molar-refractivity contribution in [3.8, 4) is 50.2 Å². The molecule has 0 bridgehead atoms. The molecule has 12 aromatic carbocycles. The van der Waals surface area contributed by atoms with E-state index in [1.807, 2.05) is 0 Å². The topological polar surface area (TPSA) is 21.3 Å². The standard InChI is InChI=1S/C68H44N2O/c1-2-15-48-41-54(31-30-45(48)14-1)50-19-11-18-49(40-50)46-32-36-55(37-33-46)69(64-27-8-7-24-60(64)61-25-13-26-62-63-43-52-16-3-4-17-53(52)44-67(63)71-68(61)62)56-38-34-47(35-39-56)51-20-12-21-57(42-51)70-65-28-9-5-22-58(65)59-23-6-10-29-66(59)70/h1-44H. The molecule has 0 radical (unpaired) electrons. The number of hydrogen-bond donors (Lipinski definition) is 0. The van der Waals surface area contributed by atoms with E-state index in [4.69, 9.17) is 4.42 Å². The summed E-state index contributed by atoms with van der Waals surface area (Å²) in [5, 5.41) is 9.59. The van der Waals surface area contributed by atoms with Crippen molar-refractivity contribution in [2.24, 2.45) is 0 Å². The molecule has 2 heterocycles. The van der Waals surface area contributed by atoms with Crippen LogP contribution in [-0.2, 0) is 0 Å². The lowest BCUT2D eigenvalue weighted by molar-refractivity contribution is 0.670. The maximum absolute atomic E-state index is 6.85. The van der Waals surface area contributed by atoms with E-state index >= 15 is 0 Å². The second-order valence-electron chi connectivity index (χ2n) is 18.5. The first-order valence-electron chi connectivity index (χ1n) is 24.3. The smallest absolute Gasteiger partial charge is 0.143 e. The zero-order valence-electron chi connectivity index (χ0n) is 38.7. The highest BCUT2D eigenvalue weighted by Crippen LogP contribution is 2.46. The summed E-state index contributed by atoms with van der Waals surface area (Å²) in [4.78, 5) is 2.39. The average Bonchev–Trinajstić information content (AvgIpc) is 3.98. The molecule has 0 unspecified atom stereocenters. The van der Waals surface area contributed by atoms with Gasteiger partial charge in [-0.1, -0.05) is 188 Å². The lowest BCUT2D eigenvalue weighted by Crippen LogP contribution is -2.11. The van der Waals surface area contributed by atoms with Crippen molar-refractivity contribution in [1.82, 2.24) is 4.57 Å². The van der Waals surface area contributed by atoms with Gasteiger partial charge in [-0.25, -0.2) is 0 Å². The number of furan rings is 1. The monoisotopic (exact) mass is 904 g/mol. The molecule has 0 N–H and O–H groups in total. The maximum atomic E-state index is 6.85. The van der Waals surface area contributed by atoms with E-state index in [0.717, 1.165) is 77.9 Å². The van der Waals surface area contributed by atoms with Gasteiger partial charge in [0.2, 0.25) is 0 Å². The molecule has 14 rings (SSSR count). The van der Waals surface area contributed by atoms with Gasteiger partial charge in [0.25, 0.3) is 0 Å². The second-order valence-corrected chi connectivity index (χ2v) is 18.5. The molecule has 14 aromatic rings. The molecule has 2 aromatic heterocycles. The van der Waals surface area contributed by atoms with Crippen molar-refractivity contribution in [3.63, 3.8) is 0 Å². The summed E-state index contributed by atoms with van der Waals surface area (Å²) in [6.45, 7) is 0. The third-order valence-electron chi connectivity index (χ3n) is 14.3. The van der Waals surface area contributed by atoms with Crippen molar-refractivity contribution in [3.05, 3.63) is 267 Å². The Kier molecular flexibility index (Phi) is 9.53. The van der Waals surface area contributed by atoms with Gasteiger partial charge in [0.15, 0.2) is 0 Å². The summed E-state index contributed by atoms with van der Waals surface area (Å²) in [5.74, 6) is 0. The van der Waals surface area contributed by atoms with Crippen LogP contribution in [0.5, 0.6) is 0 Å². The Morgan fingerprint density at radius 1 is 0.296 bits per heavy atom. The van der Waals surface area contributed by atoms with Gasteiger partial charge in [-0.3, -0.25) is 0 Å². The van der Waals surface area contributed by atoms with Gasteiger partial charge >= 0.3 is 0 Å². The summed E-state index contributed by atoms with van der Waals surface area (Å²) in [5.41, 5.74) is 17.6. The Bertz CT molecular complexity index is 4290. The Labute approximate surface area is 411 Å². The van der Waals surface area contributed by atoms with Crippen LogP contribution < -0.4 is 4.90 Å². The number of anilines is 3. The quantitative estimate of drug-likeness (QED) is 0.151. The van der Waals surface area contributed by atoms with Crippen LogP contribution in [0.3, 0.4) is 0 Å². The zero-order chi connectivity index (χ0) is 46.8. The third-order valence-corrected chi connectivity index (χ3v) is 14.3. The van der Waals surface area contributed by atoms with Gasteiger partial charge in [-0.2, -0.15) is 0 Å². The second kappa shape index (κ2) is 16.7. The zero-order valence-corrected chi connectivity index (χ0v) is 38.7. The predicted molar refractivity (Wildman–Crippen MR) is 299 cm³/mol. The average molecular weight is 905 g/mol. The fourth-order valence-electron chi connectivity index (χ4n) is 10.9. The number of fused-ring (bicyclic) bond motifs is 8. The fraction of sp³-hybridized carbons (Fsp3) is 0. The molecule has 0 atom stereocenters. The van der Waals surface area contributed by atoms with Crippen LogP contribution in [0.2, 0.25) is 0 Å². The largest absolute Gasteiger partial charge is 0.455 e. The normalized spacial score (nSPS) is 11.7. The Hall–Kier alpha value is -9.44. The number of para-hydroxylation sites is 4. The Balaban J connectivity index is 0.881. The van der Waals surface area contributed by atoms with E-state index in [1.54, 1.807) is 0 Å². The van der Waals surface area contributed by atoms with Crippen LogP contribution in [0, 0.1) is 0 Å². The van der Waals surface area contributed by atoms with Crippen LogP contribution in [0.4, 0.5) is 17.1 Å². The van der Waals surface area contributed by atoms with Gasteiger partial charge in [0.05, 0.1) is 16.7 Å². The summed E-state index contributed by atoms with van der Waals surface area (Å²) in [6, 6.07) is 96.7. The third kappa shape index (κ3) is 6.97. The molecule has 0 aliphatic heterocycles. The first kappa shape index (κ1) is 40.6. The lowest BCUT2D eigenvalue weighted by Gasteiger charge is -2.28. The van der Waals surface area contributed by atoms with E-state index in [-0.39, 0.29) is 0 Å². The van der Waals surface area contributed by atoms with Crippen molar-refractivity contribution in [1.29, 1.82) is 0 Å². The lowest BCUT2D eigenvalue weighted by atomic mass is 9.96. The molecule has 71 heavy (non-hydrogen) atoms. The number of benzene rings is 12. The van der Waals surface area contributed by atoms with Gasteiger partial charge in [0, 0.05) is 49.7 Å². The number of aromatic nitrogens is 1.